The molecular formula is C12H8ClN3O5. The molecule has 0 fully saturated rings. The van der Waals surface area contributed by atoms with Gasteiger partial charge in [0.15, 0.2) is 5.69 Å². The number of benzene rings is 1. The number of methoxy groups -OCH3 is 1. The normalized spacial score (nSPS) is 10.0. The molecule has 2 aromatic rings. The zero-order valence-electron chi connectivity index (χ0n) is 10.6. The van der Waals surface area contributed by atoms with Gasteiger partial charge >= 0.3 is 11.7 Å². The van der Waals surface area contributed by atoms with Crippen LogP contribution in [0, 0.1) is 10.1 Å². The van der Waals surface area contributed by atoms with Crippen LogP contribution in [0.5, 0.6) is 11.6 Å². The lowest BCUT2D eigenvalue weighted by Crippen LogP contribution is -2.06. The molecule has 1 heterocycles. The predicted octanol–water partition coefficient (Wildman–Crippen LogP) is 2.62. The van der Waals surface area contributed by atoms with Gasteiger partial charge in [-0.1, -0.05) is 17.7 Å². The lowest BCUT2D eigenvalue weighted by Gasteiger charge is -2.07. The van der Waals surface area contributed by atoms with Gasteiger partial charge in [0, 0.05) is 6.07 Å². The molecule has 1 aromatic heterocycles. The summed E-state index contributed by atoms with van der Waals surface area (Å²) in [5, 5.41) is 11.0. The molecule has 21 heavy (non-hydrogen) atoms. The summed E-state index contributed by atoms with van der Waals surface area (Å²) in [7, 11) is 1.19. The highest BCUT2D eigenvalue weighted by molar-refractivity contribution is 6.32. The molecule has 0 aliphatic carbocycles. The van der Waals surface area contributed by atoms with E-state index in [0.717, 1.165) is 0 Å². The molecule has 0 radical (unpaired) electrons. The Morgan fingerprint density at radius 3 is 2.81 bits per heavy atom. The van der Waals surface area contributed by atoms with E-state index in [-0.39, 0.29) is 28.0 Å². The Labute approximate surface area is 123 Å². The average molecular weight is 310 g/mol. The van der Waals surface area contributed by atoms with Gasteiger partial charge in [-0.2, -0.15) is 0 Å². The summed E-state index contributed by atoms with van der Waals surface area (Å²) in [6.07, 6.45) is 2.37. The fourth-order valence-corrected chi connectivity index (χ4v) is 1.66. The van der Waals surface area contributed by atoms with Crippen molar-refractivity contribution in [3.05, 3.63) is 51.4 Å². The highest BCUT2D eigenvalue weighted by Crippen LogP contribution is 2.36. The van der Waals surface area contributed by atoms with Crippen molar-refractivity contribution in [3.8, 4) is 11.6 Å². The van der Waals surface area contributed by atoms with E-state index in [0.29, 0.717) is 0 Å². The Hall–Kier alpha value is -2.74. The van der Waals surface area contributed by atoms with E-state index in [2.05, 4.69) is 14.7 Å². The van der Waals surface area contributed by atoms with Gasteiger partial charge in [-0.05, 0) is 6.07 Å². The number of aromatic nitrogens is 2. The third-order valence-electron chi connectivity index (χ3n) is 2.36. The number of hydrogen-bond acceptors (Lipinski definition) is 7. The molecule has 0 unspecified atom stereocenters. The minimum Gasteiger partial charge on any atom is -0.464 e. The highest BCUT2D eigenvalue weighted by Gasteiger charge is 2.20. The molecule has 2 rings (SSSR count). The Kier molecular flexibility index (Phi) is 4.29. The highest BCUT2D eigenvalue weighted by atomic mass is 35.5. The summed E-state index contributed by atoms with van der Waals surface area (Å²) >= 11 is 5.88. The van der Waals surface area contributed by atoms with E-state index >= 15 is 0 Å². The lowest BCUT2D eigenvalue weighted by atomic mass is 10.3. The molecule has 0 atom stereocenters. The van der Waals surface area contributed by atoms with E-state index in [1.54, 1.807) is 0 Å². The first-order valence-corrected chi connectivity index (χ1v) is 5.92. The Balaban J connectivity index is 2.39. The number of ether oxygens (including phenoxy) is 2. The summed E-state index contributed by atoms with van der Waals surface area (Å²) < 4.78 is 9.78. The van der Waals surface area contributed by atoms with Crippen molar-refractivity contribution in [2.24, 2.45) is 0 Å². The van der Waals surface area contributed by atoms with Crippen LogP contribution in [0.2, 0.25) is 5.02 Å². The average Bonchev–Trinajstić information content (AvgIpc) is 2.48. The minimum atomic E-state index is -0.707. The van der Waals surface area contributed by atoms with Crippen LogP contribution in [-0.2, 0) is 4.74 Å². The van der Waals surface area contributed by atoms with Crippen molar-refractivity contribution in [1.82, 2.24) is 9.97 Å². The minimum absolute atomic E-state index is 0.0365. The second-order valence-electron chi connectivity index (χ2n) is 3.68. The van der Waals surface area contributed by atoms with E-state index < -0.39 is 10.9 Å². The van der Waals surface area contributed by atoms with Crippen LogP contribution in [0.25, 0.3) is 0 Å². The van der Waals surface area contributed by atoms with Gasteiger partial charge in [0.1, 0.15) is 0 Å². The number of hydrogen-bond donors (Lipinski definition) is 0. The summed E-state index contributed by atoms with van der Waals surface area (Å²) in [6, 6.07) is 4.09. The first-order valence-electron chi connectivity index (χ1n) is 5.54. The Morgan fingerprint density at radius 2 is 2.14 bits per heavy atom. The quantitative estimate of drug-likeness (QED) is 0.485. The van der Waals surface area contributed by atoms with Gasteiger partial charge in [-0.25, -0.2) is 9.78 Å². The van der Waals surface area contributed by atoms with E-state index in [9.17, 15) is 14.9 Å². The van der Waals surface area contributed by atoms with E-state index in [1.807, 2.05) is 0 Å². The van der Waals surface area contributed by atoms with Crippen molar-refractivity contribution < 1.29 is 19.2 Å². The fraction of sp³-hybridized carbons (Fsp3) is 0.0833. The molecule has 8 nitrogen and oxygen atoms in total. The van der Waals surface area contributed by atoms with Crippen molar-refractivity contribution in [1.29, 1.82) is 0 Å². The SMILES string of the molecule is COC(=O)c1cncc(Oc2c(Cl)cccc2[N+](=O)[O-])n1. The molecule has 0 aliphatic rings. The van der Waals surface area contributed by atoms with Crippen molar-refractivity contribution >= 4 is 23.3 Å². The molecule has 0 saturated heterocycles. The summed E-state index contributed by atoms with van der Waals surface area (Å²) in [4.78, 5) is 29.2. The number of para-hydroxylation sites is 1. The second kappa shape index (κ2) is 6.14. The van der Waals surface area contributed by atoms with E-state index in [1.165, 1.54) is 37.7 Å². The van der Waals surface area contributed by atoms with Gasteiger partial charge in [-0.3, -0.25) is 15.1 Å². The molecule has 1 aromatic carbocycles. The standard InChI is InChI=1S/C12H8ClN3O5/c1-20-12(17)8-5-14-6-10(15-8)21-11-7(13)3-2-4-9(11)16(18)19/h2-6H,1H3. The van der Waals surface area contributed by atoms with Crippen molar-refractivity contribution in [2.45, 2.75) is 0 Å². The van der Waals surface area contributed by atoms with Gasteiger partial charge in [0.05, 0.1) is 29.4 Å². The van der Waals surface area contributed by atoms with Gasteiger partial charge < -0.3 is 9.47 Å². The molecule has 9 heteroatoms. The molecule has 108 valence electrons. The predicted molar refractivity (Wildman–Crippen MR) is 71.6 cm³/mol. The van der Waals surface area contributed by atoms with E-state index in [4.69, 9.17) is 16.3 Å². The molecular weight excluding hydrogens is 302 g/mol. The maximum atomic E-state index is 11.3. The largest absolute Gasteiger partial charge is 0.464 e. The first-order chi connectivity index (χ1) is 10.0. The van der Waals surface area contributed by atoms with Crippen LogP contribution in [-0.4, -0.2) is 28.0 Å². The maximum Gasteiger partial charge on any atom is 0.358 e. The third kappa shape index (κ3) is 3.23. The molecule has 0 bridgehead atoms. The number of nitrogens with zero attached hydrogens (tertiary/aromatic N) is 3. The number of rotatable bonds is 4. The van der Waals surface area contributed by atoms with Crippen LogP contribution in [0.15, 0.2) is 30.6 Å². The van der Waals surface area contributed by atoms with Crippen LogP contribution >= 0.6 is 11.6 Å². The van der Waals surface area contributed by atoms with Crippen LogP contribution in [0.1, 0.15) is 10.5 Å². The summed E-state index contributed by atoms with van der Waals surface area (Å²) in [5.41, 5.74) is -0.419. The topological polar surface area (TPSA) is 104 Å². The van der Waals surface area contributed by atoms with Gasteiger partial charge in [0.2, 0.25) is 11.6 Å². The van der Waals surface area contributed by atoms with Crippen molar-refractivity contribution in [2.75, 3.05) is 7.11 Å². The Bertz CT molecular complexity index is 707. The second-order valence-corrected chi connectivity index (χ2v) is 4.09. The van der Waals surface area contributed by atoms with Crippen LogP contribution in [0.3, 0.4) is 0 Å². The lowest BCUT2D eigenvalue weighted by molar-refractivity contribution is -0.385. The number of carbonyl (C=O) groups excluding carboxylic acids is 1. The number of nitro groups is 1. The molecule has 0 saturated carbocycles. The first kappa shape index (κ1) is 14.7. The molecule has 0 amide bonds. The third-order valence-corrected chi connectivity index (χ3v) is 2.65. The number of nitro benzene ring substituents is 1. The number of esters is 1. The number of carbonyl (C=O) groups is 1. The van der Waals surface area contributed by atoms with Gasteiger partial charge in [-0.15, -0.1) is 0 Å². The zero-order chi connectivity index (χ0) is 15.4. The Morgan fingerprint density at radius 1 is 1.38 bits per heavy atom. The number of halogens is 1. The zero-order valence-corrected chi connectivity index (χ0v) is 11.4. The monoisotopic (exact) mass is 309 g/mol. The summed E-state index contributed by atoms with van der Waals surface area (Å²) in [6.45, 7) is 0. The smallest absolute Gasteiger partial charge is 0.358 e. The summed E-state index contributed by atoms with van der Waals surface area (Å²) in [5.74, 6) is -1.00. The van der Waals surface area contributed by atoms with Crippen LogP contribution < -0.4 is 4.74 Å². The van der Waals surface area contributed by atoms with Gasteiger partial charge in [0.25, 0.3) is 0 Å². The van der Waals surface area contributed by atoms with Crippen LogP contribution in [0.4, 0.5) is 5.69 Å². The molecule has 0 spiro atoms. The fourth-order valence-electron chi connectivity index (χ4n) is 1.45. The maximum absolute atomic E-state index is 11.3. The van der Waals surface area contributed by atoms with Crippen molar-refractivity contribution in [3.63, 3.8) is 0 Å². The molecule has 0 aliphatic heterocycles. The molecule has 0 N–H and O–H groups in total.